The molecule has 14 heteroatoms. The number of ether oxygens (including phenoxy) is 2. The van der Waals surface area contributed by atoms with Crippen LogP contribution in [-0.2, 0) is 12.8 Å². The van der Waals surface area contributed by atoms with E-state index in [0.29, 0.717) is 5.56 Å². The minimum absolute atomic E-state index is 0.0790. The number of aromatic nitrogens is 5. The predicted molar refractivity (Wildman–Crippen MR) is 142 cm³/mol. The average Bonchev–Trinajstić information content (AvgIpc) is 3.42. The highest BCUT2D eigenvalue weighted by molar-refractivity contribution is 7.09. The summed E-state index contributed by atoms with van der Waals surface area (Å²) in [6, 6.07) is 10.6. The van der Waals surface area contributed by atoms with Crippen molar-refractivity contribution in [1.82, 2.24) is 24.1 Å². The lowest BCUT2D eigenvalue weighted by atomic mass is 10.1. The molecule has 4 aromatic heterocycles. The first-order chi connectivity index (χ1) is 19.2. The van der Waals surface area contributed by atoms with Crippen molar-refractivity contribution >= 4 is 22.9 Å². The normalized spacial score (nSPS) is 11.4. The van der Waals surface area contributed by atoms with Gasteiger partial charge in [-0.25, -0.2) is 19.3 Å². The van der Waals surface area contributed by atoms with Gasteiger partial charge in [-0.1, -0.05) is 11.6 Å². The zero-order chi connectivity index (χ0) is 28.4. The topological polar surface area (TPSA) is 101 Å². The first kappa shape index (κ1) is 27.1. The van der Waals surface area contributed by atoms with E-state index in [9.17, 15) is 22.8 Å². The van der Waals surface area contributed by atoms with Gasteiger partial charge in [0.05, 0.1) is 46.2 Å². The summed E-state index contributed by atoms with van der Waals surface area (Å²) in [7, 11) is 1.40. The molecular weight excluding hydrogens is 571 g/mol. The Morgan fingerprint density at radius 2 is 1.82 bits per heavy atom. The monoisotopic (exact) mass is 587 g/mol. The van der Waals surface area contributed by atoms with Crippen LogP contribution in [0, 0.1) is 0 Å². The summed E-state index contributed by atoms with van der Waals surface area (Å²) in [6.07, 6.45) is 1.03. The zero-order valence-corrected chi connectivity index (χ0v) is 22.0. The van der Waals surface area contributed by atoms with Crippen molar-refractivity contribution in [3.05, 3.63) is 109 Å². The third kappa shape index (κ3) is 5.33. The van der Waals surface area contributed by atoms with Gasteiger partial charge in [-0.05, 0) is 36.4 Å². The molecule has 0 unspecified atom stereocenters. The van der Waals surface area contributed by atoms with Crippen molar-refractivity contribution in [1.29, 1.82) is 0 Å². The number of halogens is 4. The quantitative estimate of drug-likeness (QED) is 0.259. The van der Waals surface area contributed by atoms with Crippen LogP contribution in [-0.4, -0.2) is 31.2 Å². The van der Waals surface area contributed by atoms with Crippen molar-refractivity contribution in [2.45, 2.75) is 12.8 Å². The highest BCUT2D eigenvalue weighted by atomic mass is 35.5. The maximum absolute atomic E-state index is 13.7. The molecule has 0 N–H and O–H groups in total. The minimum Gasteiger partial charge on any atom is -0.488 e. The van der Waals surface area contributed by atoms with E-state index < -0.39 is 29.7 Å². The van der Waals surface area contributed by atoms with Crippen molar-refractivity contribution in [3.63, 3.8) is 0 Å². The summed E-state index contributed by atoms with van der Waals surface area (Å²) in [5, 5.41) is 0.138. The Morgan fingerprint density at radius 1 is 1.02 bits per heavy atom. The lowest BCUT2D eigenvalue weighted by Gasteiger charge is -2.16. The van der Waals surface area contributed by atoms with Gasteiger partial charge in [0.1, 0.15) is 12.4 Å². The molecule has 0 amide bonds. The van der Waals surface area contributed by atoms with Crippen LogP contribution in [0.3, 0.4) is 0 Å². The summed E-state index contributed by atoms with van der Waals surface area (Å²) in [4.78, 5) is 38.7. The number of rotatable bonds is 7. The SMILES string of the molecule is COc1ncccc1-c1cn(-c2cc(Cl)cc(OCc3scnc3C(F)(F)F)c2)c(=O)n(-c2cccnc2)c1=O. The van der Waals surface area contributed by atoms with Crippen LogP contribution >= 0.6 is 22.9 Å². The summed E-state index contributed by atoms with van der Waals surface area (Å²) >= 11 is 7.12. The zero-order valence-electron chi connectivity index (χ0n) is 20.4. The van der Waals surface area contributed by atoms with Crippen molar-refractivity contribution in [3.8, 4) is 34.1 Å². The first-order valence-corrected chi connectivity index (χ1v) is 12.6. The van der Waals surface area contributed by atoms with Gasteiger partial charge in [0.2, 0.25) is 5.88 Å². The van der Waals surface area contributed by atoms with Crippen molar-refractivity contribution in [2.75, 3.05) is 7.11 Å². The fourth-order valence-electron chi connectivity index (χ4n) is 3.92. The van der Waals surface area contributed by atoms with Gasteiger partial charge in [-0.3, -0.25) is 14.3 Å². The number of hydrogen-bond acceptors (Lipinski definition) is 8. The summed E-state index contributed by atoms with van der Waals surface area (Å²) in [6.45, 7) is -0.429. The van der Waals surface area contributed by atoms with E-state index in [1.54, 1.807) is 24.3 Å². The molecule has 0 spiro atoms. The van der Waals surface area contributed by atoms with Crippen molar-refractivity contribution < 1.29 is 22.6 Å². The number of hydrogen-bond donors (Lipinski definition) is 0. The van der Waals surface area contributed by atoms with E-state index in [1.165, 1.54) is 54.7 Å². The molecule has 0 aliphatic heterocycles. The molecule has 204 valence electrons. The molecule has 0 aliphatic carbocycles. The van der Waals surface area contributed by atoms with Crippen LogP contribution in [0.25, 0.3) is 22.5 Å². The van der Waals surface area contributed by atoms with E-state index in [0.717, 1.165) is 21.4 Å². The molecule has 9 nitrogen and oxygen atoms in total. The molecule has 5 rings (SSSR count). The van der Waals surface area contributed by atoms with E-state index >= 15 is 0 Å². The molecule has 1 aromatic carbocycles. The number of benzene rings is 1. The minimum atomic E-state index is -4.63. The Kier molecular flexibility index (Phi) is 7.41. The summed E-state index contributed by atoms with van der Waals surface area (Å²) < 4.78 is 52.7. The fourth-order valence-corrected chi connectivity index (χ4v) is 4.83. The molecule has 0 aliphatic rings. The Morgan fingerprint density at radius 3 is 2.55 bits per heavy atom. The highest BCUT2D eigenvalue weighted by Gasteiger charge is 2.36. The molecule has 40 heavy (non-hydrogen) atoms. The summed E-state index contributed by atoms with van der Waals surface area (Å²) in [5.41, 5.74) is -0.549. The van der Waals surface area contributed by atoms with Gasteiger partial charge in [0.15, 0.2) is 5.69 Å². The predicted octanol–water partition coefficient (Wildman–Crippen LogP) is 5.16. The third-order valence-corrected chi connectivity index (χ3v) is 6.69. The smallest absolute Gasteiger partial charge is 0.434 e. The Hall–Kier alpha value is -4.49. The average molecular weight is 588 g/mol. The molecule has 0 saturated heterocycles. The number of pyridine rings is 2. The van der Waals surface area contributed by atoms with Crippen LogP contribution < -0.4 is 20.7 Å². The number of thiazole rings is 1. The number of nitrogens with zero attached hydrogens (tertiary/aromatic N) is 5. The second kappa shape index (κ2) is 10.9. The third-order valence-electron chi connectivity index (χ3n) is 5.66. The van der Waals surface area contributed by atoms with Crippen LogP contribution in [0.5, 0.6) is 11.6 Å². The maximum Gasteiger partial charge on any atom is 0.434 e. The second-order valence-corrected chi connectivity index (χ2v) is 9.54. The van der Waals surface area contributed by atoms with E-state index in [1.807, 2.05) is 0 Å². The van der Waals surface area contributed by atoms with Gasteiger partial charge in [0, 0.05) is 29.7 Å². The molecular formula is C26H17ClF3N5O4S. The van der Waals surface area contributed by atoms with Crippen LogP contribution in [0.15, 0.2) is 82.4 Å². The van der Waals surface area contributed by atoms with Crippen LogP contribution in [0.4, 0.5) is 13.2 Å². The molecule has 5 aromatic rings. The lowest BCUT2D eigenvalue weighted by molar-refractivity contribution is -0.141. The summed E-state index contributed by atoms with van der Waals surface area (Å²) in [5.74, 6) is 0.248. The van der Waals surface area contributed by atoms with Gasteiger partial charge in [-0.2, -0.15) is 13.2 Å². The Balaban J connectivity index is 1.65. The van der Waals surface area contributed by atoms with Gasteiger partial charge in [-0.15, -0.1) is 11.3 Å². The number of alkyl halides is 3. The highest BCUT2D eigenvalue weighted by Crippen LogP contribution is 2.34. The molecule has 0 radical (unpaired) electrons. The van der Waals surface area contributed by atoms with Crippen molar-refractivity contribution in [2.24, 2.45) is 0 Å². The van der Waals surface area contributed by atoms with Crippen LogP contribution in [0.2, 0.25) is 5.02 Å². The maximum atomic E-state index is 13.7. The number of methoxy groups -OCH3 is 1. The standard InChI is InChI=1S/C26H17ClF3N5O4S/c1-38-23-19(5-3-7-32-23)20-12-34(25(37)35(24(20)36)16-4-2-6-31-11-16)17-8-15(27)9-18(10-17)39-13-21-22(26(28,29)30)33-14-40-21/h2-12,14H,13H2,1H3. The Bertz CT molecular complexity index is 1810. The van der Waals surface area contributed by atoms with E-state index in [-0.39, 0.29) is 38.5 Å². The van der Waals surface area contributed by atoms with Crippen LogP contribution in [0.1, 0.15) is 10.6 Å². The molecule has 0 saturated carbocycles. The van der Waals surface area contributed by atoms with E-state index in [4.69, 9.17) is 21.1 Å². The fraction of sp³-hybridized carbons (Fsp3) is 0.115. The Labute approximate surface area is 232 Å². The van der Waals surface area contributed by atoms with Gasteiger partial charge >= 0.3 is 11.9 Å². The van der Waals surface area contributed by atoms with E-state index in [2.05, 4.69) is 15.0 Å². The molecule has 0 fully saturated rings. The molecule has 0 bridgehead atoms. The second-order valence-electron chi connectivity index (χ2n) is 8.16. The lowest BCUT2D eigenvalue weighted by Crippen LogP contribution is -2.38. The molecule has 0 atom stereocenters. The molecule has 4 heterocycles. The largest absolute Gasteiger partial charge is 0.488 e. The van der Waals surface area contributed by atoms with Gasteiger partial charge < -0.3 is 9.47 Å². The first-order valence-electron chi connectivity index (χ1n) is 11.4. The van der Waals surface area contributed by atoms with Gasteiger partial charge in [0.25, 0.3) is 5.56 Å².